The van der Waals surface area contributed by atoms with E-state index in [0.29, 0.717) is 5.91 Å². The fourth-order valence-corrected chi connectivity index (χ4v) is 3.06. The summed E-state index contributed by atoms with van der Waals surface area (Å²) in [5.41, 5.74) is 0. The van der Waals surface area contributed by atoms with Crippen LogP contribution in [0, 0.1) is 17.8 Å². The van der Waals surface area contributed by atoms with Crippen LogP contribution in [0.2, 0.25) is 0 Å². The Morgan fingerprint density at radius 2 is 1.85 bits per heavy atom. The first-order valence-corrected chi connectivity index (χ1v) is 7.65. The predicted molar refractivity (Wildman–Crippen MR) is 77.9 cm³/mol. The van der Waals surface area contributed by atoms with Crippen molar-refractivity contribution < 1.29 is 4.79 Å². The fourth-order valence-electron chi connectivity index (χ4n) is 3.06. The van der Waals surface area contributed by atoms with Crippen molar-refractivity contribution in [1.82, 2.24) is 19.7 Å². The van der Waals surface area contributed by atoms with Gasteiger partial charge >= 0.3 is 0 Å². The lowest BCUT2D eigenvalue weighted by atomic mass is 9.76. The van der Waals surface area contributed by atoms with E-state index in [-0.39, 0.29) is 5.92 Å². The van der Waals surface area contributed by atoms with Gasteiger partial charge in [-0.25, -0.2) is 0 Å². The molecule has 1 aromatic rings. The van der Waals surface area contributed by atoms with Crippen molar-refractivity contribution in [2.45, 2.75) is 46.1 Å². The maximum Gasteiger partial charge on any atom is 0.225 e. The lowest BCUT2D eigenvalue weighted by Gasteiger charge is -2.32. The first-order valence-electron chi connectivity index (χ1n) is 7.65. The van der Waals surface area contributed by atoms with Crippen LogP contribution in [-0.2, 0) is 11.3 Å². The molecule has 0 bridgehead atoms. The van der Waals surface area contributed by atoms with E-state index < -0.39 is 0 Å². The quantitative estimate of drug-likeness (QED) is 0.829. The van der Waals surface area contributed by atoms with Crippen molar-refractivity contribution in [2.24, 2.45) is 17.8 Å². The number of hydrogen-bond donors (Lipinski definition) is 0. The molecule has 1 aromatic heterocycles. The zero-order valence-electron chi connectivity index (χ0n) is 12.8. The molecular formula is C15H26N4O. The predicted octanol–water partition coefficient (Wildman–Crippen LogP) is 2.20. The number of hydrogen-bond acceptors (Lipinski definition) is 3. The summed E-state index contributed by atoms with van der Waals surface area (Å²) in [6, 6.07) is 0. The van der Waals surface area contributed by atoms with Gasteiger partial charge in [-0.05, 0) is 37.5 Å². The van der Waals surface area contributed by atoms with Gasteiger partial charge in [0.1, 0.15) is 12.7 Å². The molecule has 0 N–H and O–H groups in total. The summed E-state index contributed by atoms with van der Waals surface area (Å²) < 4.78 is 1.90. The minimum Gasteiger partial charge on any atom is -0.344 e. The van der Waals surface area contributed by atoms with Crippen LogP contribution >= 0.6 is 0 Å². The van der Waals surface area contributed by atoms with Gasteiger partial charge in [0.15, 0.2) is 0 Å². The first kappa shape index (κ1) is 15.0. The third kappa shape index (κ3) is 3.81. The van der Waals surface area contributed by atoms with Gasteiger partial charge in [0.25, 0.3) is 0 Å². The van der Waals surface area contributed by atoms with Crippen LogP contribution in [0.4, 0.5) is 0 Å². The molecule has 0 atom stereocenters. The van der Waals surface area contributed by atoms with E-state index >= 15 is 0 Å². The summed E-state index contributed by atoms with van der Waals surface area (Å²) >= 11 is 0. The molecule has 1 aliphatic carbocycles. The maximum absolute atomic E-state index is 12.4. The highest BCUT2D eigenvalue weighted by Crippen LogP contribution is 2.33. The maximum atomic E-state index is 12.4. The molecule has 112 valence electrons. The summed E-state index contributed by atoms with van der Waals surface area (Å²) in [6.07, 6.45) is 7.89. The molecule has 5 heteroatoms. The van der Waals surface area contributed by atoms with Crippen molar-refractivity contribution >= 4 is 5.91 Å². The Kier molecular flexibility index (Phi) is 5.15. The largest absolute Gasteiger partial charge is 0.344 e. The summed E-state index contributed by atoms with van der Waals surface area (Å²) in [5.74, 6) is 2.09. The van der Waals surface area contributed by atoms with Crippen LogP contribution in [-0.4, -0.2) is 39.2 Å². The summed E-state index contributed by atoms with van der Waals surface area (Å²) in [5, 5.41) is 7.54. The van der Waals surface area contributed by atoms with Crippen molar-refractivity contribution in [2.75, 3.05) is 13.6 Å². The van der Waals surface area contributed by atoms with Crippen LogP contribution in [0.5, 0.6) is 0 Å². The Labute approximate surface area is 121 Å². The van der Waals surface area contributed by atoms with E-state index in [1.807, 2.05) is 16.5 Å². The molecule has 0 unspecified atom stereocenters. The SMILES string of the molecule is CC(C)C1CCC(C(=O)N(C)CCn2cnnc2)CC1. The minimum absolute atomic E-state index is 0.232. The van der Waals surface area contributed by atoms with E-state index in [1.54, 1.807) is 12.7 Å². The second kappa shape index (κ2) is 6.86. The second-order valence-corrected chi connectivity index (χ2v) is 6.32. The van der Waals surface area contributed by atoms with Crippen LogP contribution in [0.1, 0.15) is 39.5 Å². The number of carbonyl (C=O) groups excluding carboxylic acids is 1. The average Bonchev–Trinajstić information content (AvgIpc) is 2.97. The molecule has 1 fully saturated rings. The normalized spacial score (nSPS) is 23.0. The molecule has 1 aliphatic rings. The van der Waals surface area contributed by atoms with Gasteiger partial charge in [-0.2, -0.15) is 0 Å². The summed E-state index contributed by atoms with van der Waals surface area (Å²) in [6.45, 7) is 6.06. The van der Waals surface area contributed by atoms with Gasteiger partial charge in [0, 0.05) is 26.1 Å². The Morgan fingerprint density at radius 1 is 1.25 bits per heavy atom. The molecule has 1 heterocycles. The smallest absolute Gasteiger partial charge is 0.225 e. The average molecular weight is 278 g/mol. The number of amides is 1. The molecule has 1 amide bonds. The van der Waals surface area contributed by atoms with Crippen molar-refractivity contribution in [3.05, 3.63) is 12.7 Å². The number of likely N-dealkylation sites (N-methyl/N-ethyl adjacent to an activating group) is 1. The van der Waals surface area contributed by atoms with Gasteiger partial charge in [0.2, 0.25) is 5.91 Å². The van der Waals surface area contributed by atoms with Gasteiger partial charge in [-0.1, -0.05) is 13.8 Å². The number of nitrogens with zero attached hydrogens (tertiary/aromatic N) is 4. The third-order valence-corrected chi connectivity index (χ3v) is 4.60. The Bertz CT molecular complexity index is 408. The molecule has 2 rings (SSSR count). The van der Waals surface area contributed by atoms with E-state index in [4.69, 9.17) is 0 Å². The van der Waals surface area contributed by atoms with Crippen LogP contribution in [0.25, 0.3) is 0 Å². The number of carbonyl (C=O) groups is 1. The van der Waals surface area contributed by atoms with Gasteiger partial charge in [0.05, 0.1) is 0 Å². The minimum atomic E-state index is 0.232. The zero-order chi connectivity index (χ0) is 14.5. The Hall–Kier alpha value is -1.39. The molecule has 0 radical (unpaired) electrons. The van der Waals surface area contributed by atoms with Crippen molar-refractivity contribution in [3.8, 4) is 0 Å². The molecule has 5 nitrogen and oxygen atoms in total. The molecule has 0 spiro atoms. The van der Waals surface area contributed by atoms with Crippen molar-refractivity contribution in [1.29, 1.82) is 0 Å². The summed E-state index contributed by atoms with van der Waals surface area (Å²) in [7, 11) is 1.90. The lowest BCUT2D eigenvalue weighted by Crippen LogP contribution is -2.37. The number of aromatic nitrogens is 3. The molecule has 1 saturated carbocycles. The van der Waals surface area contributed by atoms with Crippen LogP contribution < -0.4 is 0 Å². The Morgan fingerprint density at radius 3 is 2.40 bits per heavy atom. The van der Waals surface area contributed by atoms with Crippen LogP contribution in [0.15, 0.2) is 12.7 Å². The van der Waals surface area contributed by atoms with Gasteiger partial charge < -0.3 is 9.47 Å². The number of rotatable bonds is 5. The van der Waals surface area contributed by atoms with Crippen LogP contribution in [0.3, 0.4) is 0 Å². The topological polar surface area (TPSA) is 51.0 Å². The third-order valence-electron chi connectivity index (χ3n) is 4.60. The lowest BCUT2D eigenvalue weighted by molar-refractivity contribution is -0.135. The molecule has 20 heavy (non-hydrogen) atoms. The van der Waals surface area contributed by atoms with E-state index in [0.717, 1.165) is 37.8 Å². The summed E-state index contributed by atoms with van der Waals surface area (Å²) in [4.78, 5) is 14.3. The Balaban J connectivity index is 1.76. The van der Waals surface area contributed by atoms with Crippen molar-refractivity contribution in [3.63, 3.8) is 0 Å². The second-order valence-electron chi connectivity index (χ2n) is 6.32. The highest BCUT2D eigenvalue weighted by molar-refractivity contribution is 5.78. The molecule has 0 aromatic carbocycles. The first-order chi connectivity index (χ1) is 9.58. The van der Waals surface area contributed by atoms with E-state index in [1.165, 1.54) is 12.8 Å². The fraction of sp³-hybridized carbons (Fsp3) is 0.800. The van der Waals surface area contributed by atoms with Gasteiger partial charge in [-0.3, -0.25) is 4.79 Å². The molecular weight excluding hydrogens is 252 g/mol. The highest BCUT2D eigenvalue weighted by atomic mass is 16.2. The monoisotopic (exact) mass is 278 g/mol. The molecule has 0 aliphatic heterocycles. The standard InChI is InChI=1S/C15H26N4O/c1-12(2)13-4-6-14(7-5-13)15(20)18(3)8-9-19-10-16-17-11-19/h10-14H,4-9H2,1-3H3. The van der Waals surface area contributed by atoms with E-state index in [2.05, 4.69) is 24.0 Å². The molecule has 0 saturated heterocycles. The van der Waals surface area contributed by atoms with Gasteiger partial charge in [-0.15, -0.1) is 10.2 Å². The highest BCUT2D eigenvalue weighted by Gasteiger charge is 2.29. The zero-order valence-corrected chi connectivity index (χ0v) is 12.8. The van der Waals surface area contributed by atoms with E-state index in [9.17, 15) is 4.79 Å².